The number of hydrogen-bond acceptors (Lipinski definition) is 3. The molecule has 0 bridgehead atoms. The number of hydrogen-bond donors (Lipinski definition) is 0. The molecule has 0 saturated heterocycles. The van der Waals surface area contributed by atoms with Crippen LogP contribution >= 0.6 is 11.3 Å². The monoisotopic (exact) mass is 769 g/mol. The molecule has 0 N–H and O–H groups in total. The van der Waals surface area contributed by atoms with Crippen molar-refractivity contribution in [1.82, 2.24) is 0 Å². The molecule has 59 heavy (non-hydrogen) atoms. The molecular formula is C56H35NOS. The van der Waals surface area contributed by atoms with E-state index >= 15 is 0 Å². The highest BCUT2D eigenvalue weighted by Gasteiger charge is 2.24. The summed E-state index contributed by atoms with van der Waals surface area (Å²) in [4.78, 5) is 2.45. The molecule has 0 saturated carbocycles. The van der Waals surface area contributed by atoms with E-state index in [9.17, 15) is 0 Å². The van der Waals surface area contributed by atoms with Crippen molar-refractivity contribution < 1.29 is 4.42 Å². The Morgan fingerprint density at radius 2 is 0.983 bits per heavy atom. The summed E-state index contributed by atoms with van der Waals surface area (Å²) in [6.45, 7) is 0. The van der Waals surface area contributed by atoms with Crippen molar-refractivity contribution in [3.63, 3.8) is 0 Å². The standard InChI is InChI=1S/C56H35NOS/c1-2-14-37(15-3-1)48-34-40-17-6-7-18-41(40)35-49(48)38-27-29-43(30-28-38)57(51-22-12-21-46-45-19-9-11-24-53(45)59-56(46)51)50-32-31-44(42-26-25-36-13-4-5-16-39(36)33-42)55-54(50)47-20-8-10-23-52(47)58-55/h1-35H. The largest absolute Gasteiger partial charge is 0.455 e. The molecule has 0 aliphatic heterocycles. The molecule has 0 spiro atoms. The van der Waals surface area contributed by atoms with Gasteiger partial charge >= 0.3 is 0 Å². The molecule has 0 fully saturated rings. The van der Waals surface area contributed by atoms with Crippen LogP contribution in [0.3, 0.4) is 0 Å². The Balaban J connectivity index is 1.10. The van der Waals surface area contributed by atoms with Crippen LogP contribution < -0.4 is 4.90 Å². The molecule has 2 nitrogen and oxygen atoms in total. The fourth-order valence-corrected chi connectivity index (χ4v) is 10.2. The number of rotatable bonds is 6. The zero-order valence-electron chi connectivity index (χ0n) is 32.0. The zero-order valence-corrected chi connectivity index (χ0v) is 32.8. The Morgan fingerprint density at radius 1 is 0.373 bits per heavy atom. The van der Waals surface area contributed by atoms with Crippen LogP contribution in [-0.2, 0) is 0 Å². The van der Waals surface area contributed by atoms with E-state index in [-0.39, 0.29) is 0 Å². The predicted molar refractivity (Wildman–Crippen MR) is 253 cm³/mol. The van der Waals surface area contributed by atoms with Crippen molar-refractivity contribution >= 4 is 92.1 Å². The van der Waals surface area contributed by atoms with E-state index < -0.39 is 0 Å². The molecule has 10 aromatic carbocycles. The van der Waals surface area contributed by atoms with Gasteiger partial charge in [-0.25, -0.2) is 0 Å². The summed E-state index contributed by atoms with van der Waals surface area (Å²) in [7, 11) is 0. The fraction of sp³-hybridized carbons (Fsp3) is 0. The third-order valence-electron chi connectivity index (χ3n) is 11.8. The first kappa shape index (κ1) is 33.7. The summed E-state index contributed by atoms with van der Waals surface area (Å²) in [6, 6.07) is 76.9. The van der Waals surface area contributed by atoms with Gasteiger partial charge in [0.05, 0.1) is 21.5 Å². The number of anilines is 3. The van der Waals surface area contributed by atoms with Gasteiger partial charge in [0.2, 0.25) is 0 Å². The molecule has 2 heterocycles. The number of benzene rings is 10. The third kappa shape index (κ3) is 5.55. The van der Waals surface area contributed by atoms with Crippen LogP contribution in [-0.4, -0.2) is 0 Å². The molecule has 12 aromatic rings. The topological polar surface area (TPSA) is 16.4 Å². The molecule has 0 radical (unpaired) electrons. The lowest BCUT2D eigenvalue weighted by Gasteiger charge is -2.27. The molecule has 0 amide bonds. The lowest BCUT2D eigenvalue weighted by Crippen LogP contribution is -2.10. The van der Waals surface area contributed by atoms with E-state index in [0.29, 0.717) is 0 Å². The van der Waals surface area contributed by atoms with Crippen molar-refractivity contribution in [3.8, 4) is 33.4 Å². The van der Waals surface area contributed by atoms with Crippen LogP contribution in [0.15, 0.2) is 217 Å². The molecule has 0 aliphatic carbocycles. The van der Waals surface area contributed by atoms with Gasteiger partial charge in [-0.05, 0) is 110 Å². The van der Waals surface area contributed by atoms with Gasteiger partial charge in [0.1, 0.15) is 11.2 Å². The van der Waals surface area contributed by atoms with Gasteiger partial charge in [0, 0.05) is 32.1 Å². The molecule has 3 heteroatoms. The maximum Gasteiger partial charge on any atom is 0.145 e. The van der Waals surface area contributed by atoms with Crippen LogP contribution in [0.25, 0.3) is 97.0 Å². The first-order chi connectivity index (χ1) is 29.2. The summed E-state index contributed by atoms with van der Waals surface area (Å²) in [5, 5.41) is 9.61. The predicted octanol–water partition coefficient (Wildman–Crippen LogP) is 16.7. The average molecular weight is 770 g/mol. The Labute approximate surface area is 345 Å². The summed E-state index contributed by atoms with van der Waals surface area (Å²) in [5.41, 5.74) is 12.1. The van der Waals surface area contributed by atoms with Gasteiger partial charge in [-0.1, -0.05) is 152 Å². The lowest BCUT2D eigenvalue weighted by molar-refractivity contribution is 0.670. The van der Waals surface area contributed by atoms with E-state index in [1.165, 1.54) is 64.0 Å². The number of thiophene rings is 1. The first-order valence-electron chi connectivity index (χ1n) is 20.1. The molecule has 0 unspecified atom stereocenters. The number of fused-ring (bicyclic) bond motifs is 8. The summed E-state index contributed by atoms with van der Waals surface area (Å²) in [5.74, 6) is 0. The summed E-state index contributed by atoms with van der Waals surface area (Å²) < 4.78 is 9.42. The number of para-hydroxylation sites is 1. The Bertz CT molecular complexity index is 3560. The van der Waals surface area contributed by atoms with Crippen LogP contribution in [0, 0.1) is 0 Å². The molecular weight excluding hydrogens is 735 g/mol. The lowest BCUT2D eigenvalue weighted by atomic mass is 9.91. The number of furan rings is 1. The SMILES string of the molecule is c1ccc(-c2cc3ccccc3cc2-c2ccc(N(c3cccc4c3sc3ccccc34)c3ccc(-c4ccc5ccccc5c4)c4oc5ccccc5c34)cc2)cc1. The van der Waals surface area contributed by atoms with Crippen molar-refractivity contribution in [2.24, 2.45) is 0 Å². The number of nitrogens with zero attached hydrogens (tertiary/aromatic N) is 1. The average Bonchev–Trinajstić information content (AvgIpc) is 3.89. The van der Waals surface area contributed by atoms with E-state index in [0.717, 1.165) is 50.1 Å². The Morgan fingerprint density at radius 3 is 1.76 bits per heavy atom. The Kier molecular flexibility index (Phi) is 7.75. The molecule has 12 rings (SSSR count). The second-order valence-corrected chi connectivity index (χ2v) is 16.3. The van der Waals surface area contributed by atoms with Gasteiger partial charge in [0.15, 0.2) is 0 Å². The van der Waals surface area contributed by atoms with Crippen LogP contribution in [0.4, 0.5) is 17.1 Å². The maximum absolute atomic E-state index is 6.89. The Hall–Kier alpha value is -7.46. The van der Waals surface area contributed by atoms with Gasteiger partial charge in [-0.2, -0.15) is 0 Å². The first-order valence-corrected chi connectivity index (χ1v) is 20.9. The molecule has 0 aliphatic rings. The normalized spacial score (nSPS) is 11.7. The van der Waals surface area contributed by atoms with Crippen LogP contribution in [0.5, 0.6) is 0 Å². The highest BCUT2D eigenvalue weighted by Crippen LogP contribution is 2.50. The molecule has 0 atom stereocenters. The minimum atomic E-state index is 0.872. The van der Waals surface area contributed by atoms with Crippen molar-refractivity contribution in [3.05, 3.63) is 212 Å². The highest BCUT2D eigenvalue weighted by atomic mass is 32.1. The van der Waals surface area contributed by atoms with E-state index in [4.69, 9.17) is 4.42 Å². The van der Waals surface area contributed by atoms with Gasteiger partial charge in [-0.3, -0.25) is 0 Å². The van der Waals surface area contributed by atoms with Crippen LogP contribution in [0.2, 0.25) is 0 Å². The highest BCUT2D eigenvalue weighted by molar-refractivity contribution is 7.26. The van der Waals surface area contributed by atoms with Gasteiger partial charge < -0.3 is 9.32 Å². The van der Waals surface area contributed by atoms with E-state index in [1.807, 2.05) is 11.3 Å². The second kappa shape index (κ2) is 13.6. The third-order valence-corrected chi connectivity index (χ3v) is 13.0. The fourth-order valence-electron chi connectivity index (χ4n) is 9.02. The van der Waals surface area contributed by atoms with Gasteiger partial charge in [0.25, 0.3) is 0 Å². The zero-order chi connectivity index (χ0) is 38.9. The quantitative estimate of drug-likeness (QED) is 0.167. The van der Waals surface area contributed by atoms with Gasteiger partial charge in [-0.15, -0.1) is 11.3 Å². The van der Waals surface area contributed by atoms with E-state index in [1.54, 1.807) is 0 Å². The van der Waals surface area contributed by atoms with Crippen molar-refractivity contribution in [2.75, 3.05) is 4.90 Å². The van der Waals surface area contributed by atoms with E-state index in [2.05, 4.69) is 217 Å². The van der Waals surface area contributed by atoms with Crippen molar-refractivity contribution in [1.29, 1.82) is 0 Å². The van der Waals surface area contributed by atoms with Crippen LogP contribution in [0.1, 0.15) is 0 Å². The minimum Gasteiger partial charge on any atom is -0.455 e. The maximum atomic E-state index is 6.89. The summed E-state index contributed by atoms with van der Waals surface area (Å²) >= 11 is 1.85. The molecule has 2 aromatic heterocycles. The molecule has 276 valence electrons. The second-order valence-electron chi connectivity index (χ2n) is 15.2. The minimum absolute atomic E-state index is 0.872. The summed E-state index contributed by atoms with van der Waals surface area (Å²) in [6.07, 6.45) is 0. The smallest absolute Gasteiger partial charge is 0.145 e. The van der Waals surface area contributed by atoms with Crippen molar-refractivity contribution in [2.45, 2.75) is 0 Å².